The van der Waals surface area contributed by atoms with Crippen LogP contribution in [0.2, 0.25) is 0 Å². The van der Waals surface area contributed by atoms with E-state index in [0.29, 0.717) is 25.3 Å². The second-order valence-electron chi connectivity index (χ2n) is 3.60. The van der Waals surface area contributed by atoms with Crippen LogP contribution in [0.25, 0.3) is 0 Å². The van der Waals surface area contributed by atoms with Gasteiger partial charge in [-0.05, 0) is 26.1 Å². The molecule has 1 atom stereocenters. The molecular weight excluding hydrogens is 202 g/mol. The quantitative estimate of drug-likeness (QED) is 0.522. The van der Waals surface area contributed by atoms with Gasteiger partial charge in [0.15, 0.2) is 0 Å². The number of aliphatic carboxylic acids is 1. The average Bonchev–Trinajstić information content (AvgIpc) is 2.02. The zero-order chi connectivity index (χ0) is 11.0. The van der Waals surface area contributed by atoms with Crippen LogP contribution >= 0.6 is 11.8 Å². The Labute approximate surface area is 89.1 Å². The van der Waals surface area contributed by atoms with Crippen LogP contribution in [0.1, 0.15) is 19.8 Å². The first kappa shape index (κ1) is 13.7. The van der Waals surface area contributed by atoms with Gasteiger partial charge in [0.2, 0.25) is 0 Å². The molecule has 0 spiro atoms. The summed E-state index contributed by atoms with van der Waals surface area (Å²) in [7, 11) is 0. The van der Waals surface area contributed by atoms with Crippen molar-refractivity contribution in [2.75, 3.05) is 25.1 Å². The van der Waals surface area contributed by atoms with Crippen molar-refractivity contribution in [1.82, 2.24) is 5.32 Å². The minimum absolute atomic E-state index is 0.178. The fourth-order valence-corrected chi connectivity index (χ4v) is 1.81. The fraction of sp³-hybridized carbons (Fsp3) is 0.889. The molecule has 0 radical (unpaired) electrons. The lowest BCUT2D eigenvalue weighted by Crippen LogP contribution is -2.40. The Bertz CT molecular complexity index is 173. The van der Waals surface area contributed by atoms with Gasteiger partial charge in [-0.15, -0.1) is 0 Å². The minimum atomic E-state index is -0.775. The Morgan fingerprint density at radius 1 is 1.57 bits per heavy atom. The molecule has 0 saturated heterocycles. The summed E-state index contributed by atoms with van der Waals surface area (Å²) in [5, 5.41) is 21.1. The summed E-state index contributed by atoms with van der Waals surface area (Å²) in [6, 6.07) is 0. The van der Waals surface area contributed by atoms with Crippen molar-refractivity contribution in [3.05, 3.63) is 0 Å². The maximum absolute atomic E-state index is 10.2. The summed E-state index contributed by atoms with van der Waals surface area (Å²) < 4.78 is 0. The van der Waals surface area contributed by atoms with Gasteiger partial charge in [0.1, 0.15) is 0 Å². The largest absolute Gasteiger partial charge is 0.481 e. The van der Waals surface area contributed by atoms with Crippen LogP contribution in [0.3, 0.4) is 0 Å². The van der Waals surface area contributed by atoms with E-state index in [4.69, 9.17) is 5.11 Å². The molecule has 0 bridgehead atoms. The lowest BCUT2D eigenvalue weighted by molar-refractivity contribution is -0.137. The van der Waals surface area contributed by atoms with Gasteiger partial charge in [0.05, 0.1) is 5.60 Å². The van der Waals surface area contributed by atoms with Crippen LogP contribution in [0, 0.1) is 0 Å². The third-order valence-corrected chi connectivity index (χ3v) is 2.62. The monoisotopic (exact) mass is 221 g/mol. The predicted molar refractivity (Wildman–Crippen MR) is 58.7 cm³/mol. The second kappa shape index (κ2) is 7.09. The topological polar surface area (TPSA) is 69.6 Å². The van der Waals surface area contributed by atoms with Crippen LogP contribution in [-0.4, -0.2) is 46.9 Å². The number of carboxylic acid groups (broad SMARTS) is 1. The third kappa shape index (κ3) is 8.34. The van der Waals surface area contributed by atoms with E-state index in [9.17, 15) is 9.90 Å². The minimum Gasteiger partial charge on any atom is -0.481 e. The lowest BCUT2D eigenvalue weighted by Gasteiger charge is -2.22. The van der Waals surface area contributed by atoms with Gasteiger partial charge < -0.3 is 15.5 Å². The normalized spacial score (nSPS) is 15.1. The summed E-state index contributed by atoms with van der Waals surface area (Å²) in [6.45, 7) is 2.91. The molecule has 0 amide bonds. The van der Waals surface area contributed by atoms with E-state index in [1.807, 2.05) is 6.26 Å². The predicted octanol–water partition coefficient (Wildman–Crippen LogP) is 0.555. The molecule has 0 aromatic heterocycles. The molecule has 0 fully saturated rings. The lowest BCUT2D eigenvalue weighted by atomic mass is 10.1. The van der Waals surface area contributed by atoms with E-state index < -0.39 is 11.6 Å². The zero-order valence-electron chi connectivity index (χ0n) is 8.75. The molecule has 0 aliphatic heterocycles. The molecule has 0 heterocycles. The van der Waals surface area contributed by atoms with Crippen LogP contribution in [0.4, 0.5) is 0 Å². The number of hydrogen-bond donors (Lipinski definition) is 3. The summed E-state index contributed by atoms with van der Waals surface area (Å²) >= 11 is 1.59. The van der Waals surface area contributed by atoms with Gasteiger partial charge in [-0.2, -0.15) is 11.8 Å². The van der Waals surface area contributed by atoms with Crippen LogP contribution in [-0.2, 0) is 4.79 Å². The molecule has 0 rings (SSSR count). The first-order valence-corrected chi connectivity index (χ1v) is 6.01. The number of aliphatic hydroxyl groups is 1. The number of nitrogens with one attached hydrogen (secondary N) is 1. The third-order valence-electron chi connectivity index (χ3n) is 1.71. The molecule has 3 N–H and O–H groups in total. The van der Waals surface area contributed by atoms with Gasteiger partial charge >= 0.3 is 5.97 Å². The number of carboxylic acids is 1. The van der Waals surface area contributed by atoms with Crippen LogP contribution in [0.5, 0.6) is 0 Å². The van der Waals surface area contributed by atoms with Gasteiger partial charge in [-0.3, -0.25) is 4.79 Å². The van der Waals surface area contributed by atoms with E-state index >= 15 is 0 Å². The van der Waals surface area contributed by atoms with Gasteiger partial charge in [-0.25, -0.2) is 0 Å². The van der Waals surface area contributed by atoms with E-state index in [1.54, 1.807) is 18.7 Å². The molecular formula is C9H19NO3S. The average molecular weight is 221 g/mol. The standard InChI is InChI=1S/C9H19NO3S/c1-9(13,7-14-2)6-10-5-3-4-8(11)12/h10,13H,3-7H2,1-2H3,(H,11,12). The van der Waals surface area contributed by atoms with Crippen molar-refractivity contribution in [1.29, 1.82) is 0 Å². The summed E-state index contributed by atoms with van der Waals surface area (Å²) in [5.74, 6) is -0.0958. The molecule has 5 heteroatoms. The van der Waals surface area contributed by atoms with Crippen molar-refractivity contribution in [3.8, 4) is 0 Å². The molecule has 0 aromatic carbocycles. The highest BCUT2D eigenvalue weighted by Gasteiger charge is 2.18. The van der Waals surface area contributed by atoms with Crippen molar-refractivity contribution in [2.45, 2.75) is 25.4 Å². The van der Waals surface area contributed by atoms with Gasteiger partial charge in [0.25, 0.3) is 0 Å². The Hall–Kier alpha value is -0.260. The van der Waals surface area contributed by atoms with Crippen molar-refractivity contribution in [2.24, 2.45) is 0 Å². The first-order valence-electron chi connectivity index (χ1n) is 4.62. The van der Waals surface area contributed by atoms with Crippen molar-refractivity contribution in [3.63, 3.8) is 0 Å². The summed E-state index contributed by atoms with van der Waals surface area (Å²) in [6.07, 6.45) is 2.72. The number of carbonyl (C=O) groups is 1. The smallest absolute Gasteiger partial charge is 0.303 e. The van der Waals surface area contributed by atoms with E-state index in [-0.39, 0.29) is 6.42 Å². The maximum atomic E-state index is 10.2. The van der Waals surface area contributed by atoms with E-state index in [2.05, 4.69) is 5.32 Å². The highest BCUT2D eigenvalue weighted by molar-refractivity contribution is 7.98. The van der Waals surface area contributed by atoms with Gasteiger partial charge in [-0.1, -0.05) is 0 Å². The van der Waals surface area contributed by atoms with Gasteiger partial charge in [0, 0.05) is 18.7 Å². The summed E-state index contributed by atoms with van der Waals surface area (Å²) in [5.41, 5.74) is -0.706. The van der Waals surface area contributed by atoms with Crippen LogP contribution in [0.15, 0.2) is 0 Å². The first-order chi connectivity index (χ1) is 6.48. The Balaban J connectivity index is 3.39. The number of thioether (sulfide) groups is 1. The second-order valence-corrected chi connectivity index (χ2v) is 4.47. The number of hydrogen-bond acceptors (Lipinski definition) is 4. The van der Waals surface area contributed by atoms with Crippen LogP contribution < -0.4 is 5.32 Å². The molecule has 0 aromatic rings. The van der Waals surface area contributed by atoms with E-state index in [0.717, 1.165) is 0 Å². The van der Waals surface area contributed by atoms with Crippen molar-refractivity contribution >= 4 is 17.7 Å². The highest BCUT2D eigenvalue weighted by Crippen LogP contribution is 2.08. The highest BCUT2D eigenvalue weighted by atomic mass is 32.2. The molecule has 4 nitrogen and oxygen atoms in total. The Morgan fingerprint density at radius 3 is 2.71 bits per heavy atom. The molecule has 0 aliphatic rings. The molecule has 84 valence electrons. The fourth-order valence-electron chi connectivity index (χ4n) is 1.08. The summed E-state index contributed by atoms with van der Waals surface area (Å²) in [4.78, 5) is 10.2. The number of rotatable bonds is 8. The molecule has 1 unspecified atom stereocenters. The maximum Gasteiger partial charge on any atom is 0.303 e. The van der Waals surface area contributed by atoms with Crippen molar-refractivity contribution < 1.29 is 15.0 Å². The Kier molecular flexibility index (Phi) is 6.96. The molecule has 0 saturated carbocycles. The van der Waals surface area contributed by atoms with E-state index in [1.165, 1.54) is 0 Å². The Morgan fingerprint density at radius 2 is 2.21 bits per heavy atom. The molecule has 0 aliphatic carbocycles. The molecule has 14 heavy (non-hydrogen) atoms. The zero-order valence-corrected chi connectivity index (χ0v) is 9.56. The SMILES string of the molecule is CSCC(C)(O)CNCCCC(=O)O.